The number of fused-ring (bicyclic) bond motifs is 1. The van der Waals surface area contributed by atoms with E-state index in [0.29, 0.717) is 5.56 Å². The Morgan fingerprint density at radius 1 is 1.10 bits per heavy atom. The van der Waals surface area contributed by atoms with E-state index >= 15 is 0 Å². The fourth-order valence-electron chi connectivity index (χ4n) is 2.26. The summed E-state index contributed by atoms with van der Waals surface area (Å²) < 4.78 is 0. The molecule has 1 aromatic carbocycles. The van der Waals surface area contributed by atoms with E-state index in [2.05, 4.69) is 4.98 Å². The van der Waals surface area contributed by atoms with Gasteiger partial charge in [0.15, 0.2) is 5.78 Å². The van der Waals surface area contributed by atoms with Gasteiger partial charge in [-0.3, -0.25) is 9.59 Å². The largest absolute Gasteiger partial charge is 0.478 e. The van der Waals surface area contributed by atoms with E-state index in [4.69, 9.17) is 5.11 Å². The summed E-state index contributed by atoms with van der Waals surface area (Å²) in [6, 6.07) is 7.29. The molecular weight excluding hydrogens is 258 g/mol. The van der Waals surface area contributed by atoms with Gasteiger partial charge in [0, 0.05) is 34.3 Å². The van der Waals surface area contributed by atoms with Crippen molar-refractivity contribution < 1.29 is 19.5 Å². The summed E-state index contributed by atoms with van der Waals surface area (Å²) in [5.74, 6) is -2.54. The Bertz CT molecular complexity index is 823. The van der Waals surface area contributed by atoms with Gasteiger partial charge in [-0.05, 0) is 12.1 Å². The van der Waals surface area contributed by atoms with Crippen LogP contribution in [0.2, 0.25) is 0 Å². The van der Waals surface area contributed by atoms with Crippen LogP contribution in [0.5, 0.6) is 0 Å². The highest BCUT2D eigenvalue weighted by Crippen LogP contribution is 2.29. The number of benzene rings is 1. The number of rotatable bonds is 2. The highest BCUT2D eigenvalue weighted by molar-refractivity contribution is 6.43. The smallest absolute Gasteiger partial charge is 0.339 e. The third-order valence-corrected chi connectivity index (χ3v) is 3.17. The summed E-state index contributed by atoms with van der Waals surface area (Å²) in [7, 11) is 0. The van der Waals surface area contributed by atoms with Gasteiger partial charge in [0.2, 0.25) is 5.78 Å². The van der Waals surface area contributed by atoms with Gasteiger partial charge < -0.3 is 10.1 Å². The number of carbonyl (C=O) groups is 3. The number of aliphatic carboxylic acids is 1. The summed E-state index contributed by atoms with van der Waals surface area (Å²) in [5.41, 5.74) is 0.950. The van der Waals surface area contributed by atoms with Crippen LogP contribution in [-0.4, -0.2) is 27.6 Å². The van der Waals surface area contributed by atoms with Crippen molar-refractivity contribution >= 4 is 34.0 Å². The molecule has 0 saturated carbocycles. The van der Waals surface area contributed by atoms with Gasteiger partial charge in [0.25, 0.3) is 0 Å². The van der Waals surface area contributed by atoms with Gasteiger partial charge in [-0.25, -0.2) is 4.79 Å². The van der Waals surface area contributed by atoms with Crippen molar-refractivity contribution in [2.75, 3.05) is 0 Å². The van der Waals surface area contributed by atoms with Crippen LogP contribution in [0.3, 0.4) is 0 Å². The fraction of sp³-hybridized carbons (Fsp3) is 0. The molecule has 0 saturated heterocycles. The molecule has 5 heteroatoms. The molecular formula is C15H9NO4. The van der Waals surface area contributed by atoms with Crippen molar-refractivity contribution in [3.05, 3.63) is 53.8 Å². The lowest BCUT2D eigenvalue weighted by atomic mass is 9.91. The van der Waals surface area contributed by atoms with Gasteiger partial charge in [-0.15, -0.1) is 0 Å². The predicted molar refractivity (Wildman–Crippen MR) is 72.0 cm³/mol. The number of carbonyl (C=O) groups excluding carboxylic acids is 2. The Morgan fingerprint density at radius 3 is 2.60 bits per heavy atom. The number of allylic oxidation sites excluding steroid dienone is 3. The number of hydrogen-bond donors (Lipinski definition) is 2. The molecule has 1 heterocycles. The van der Waals surface area contributed by atoms with E-state index in [1.54, 1.807) is 12.3 Å². The number of nitrogens with one attached hydrogen (secondary N) is 1. The maximum absolute atomic E-state index is 12.2. The third-order valence-electron chi connectivity index (χ3n) is 3.17. The highest BCUT2D eigenvalue weighted by atomic mass is 16.4. The van der Waals surface area contributed by atoms with Crippen LogP contribution in [0, 0.1) is 0 Å². The zero-order valence-electron chi connectivity index (χ0n) is 10.2. The SMILES string of the molecule is O=C1C=C(C(=O)O)C(=O)C(c2c[nH]c3ccccc23)=C1. The number of hydrogen-bond acceptors (Lipinski definition) is 3. The lowest BCUT2D eigenvalue weighted by Gasteiger charge is -2.10. The van der Waals surface area contributed by atoms with Crippen LogP contribution in [-0.2, 0) is 14.4 Å². The van der Waals surface area contributed by atoms with Gasteiger partial charge in [0.05, 0.1) is 0 Å². The highest BCUT2D eigenvalue weighted by Gasteiger charge is 2.28. The standard InChI is InChI=1S/C15H9NO4/c17-8-5-10(14(18)11(6-8)15(19)20)12-7-16-13-4-2-1-3-9(12)13/h1-7,16H,(H,19,20). The van der Waals surface area contributed by atoms with Crippen LogP contribution < -0.4 is 0 Å². The summed E-state index contributed by atoms with van der Waals surface area (Å²) in [5, 5.41) is 9.75. The molecule has 20 heavy (non-hydrogen) atoms. The number of ketones is 2. The summed E-state index contributed by atoms with van der Waals surface area (Å²) in [4.78, 5) is 37.8. The monoisotopic (exact) mass is 267 g/mol. The molecule has 0 atom stereocenters. The Labute approximate surface area is 113 Å². The van der Waals surface area contributed by atoms with E-state index in [-0.39, 0.29) is 5.57 Å². The molecule has 1 aliphatic carbocycles. The molecule has 0 aliphatic heterocycles. The Morgan fingerprint density at radius 2 is 1.85 bits per heavy atom. The molecule has 2 N–H and O–H groups in total. The van der Waals surface area contributed by atoms with Crippen LogP contribution in [0.4, 0.5) is 0 Å². The third kappa shape index (κ3) is 1.76. The maximum Gasteiger partial charge on any atom is 0.339 e. The number of carboxylic acid groups (broad SMARTS) is 1. The molecule has 0 amide bonds. The first-order chi connectivity index (χ1) is 9.58. The van der Waals surface area contributed by atoms with Crippen LogP contribution in [0.15, 0.2) is 48.2 Å². The molecule has 0 spiro atoms. The average molecular weight is 267 g/mol. The van der Waals surface area contributed by atoms with Crippen molar-refractivity contribution in [1.29, 1.82) is 0 Å². The number of aromatic amines is 1. The lowest BCUT2D eigenvalue weighted by molar-refractivity contribution is -0.134. The minimum Gasteiger partial charge on any atom is -0.478 e. The Kier molecular flexibility index (Phi) is 2.61. The van der Waals surface area contributed by atoms with Gasteiger partial charge in [-0.2, -0.15) is 0 Å². The quantitative estimate of drug-likeness (QED) is 0.640. The topological polar surface area (TPSA) is 87.2 Å². The predicted octanol–water partition coefficient (Wildman–Crippen LogP) is 1.71. The normalized spacial score (nSPS) is 15.2. The zero-order valence-corrected chi connectivity index (χ0v) is 10.2. The van der Waals surface area contributed by atoms with E-state index in [0.717, 1.165) is 17.0 Å². The molecule has 1 aromatic heterocycles. The maximum atomic E-state index is 12.2. The summed E-state index contributed by atoms with van der Waals surface area (Å²) in [6.45, 7) is 0. The molecule has 2 aromatic rings. The van der Waals surface area contributed by atoms with Gasteiger partial charge in [-0.1, -0.05) is 18.2 Å². The van der Waals surface area contributed by atoms with Crippen LogP contribution in [0.1, 0.15) is 5.56 Å². The molecule has 3 rings (SSSR count). The van der Waals surface area contributed by atoms with E-state index < -0.39 is 23.1 Å². The van der Waals surface area contributed by atoms with Gasteiger partial charge >= 0.3 is 5.97 Å². The molecule has 0 bridgehead atoms. The number of aromatic nitrogens is 1. The molecule has 0 unspecified atom stereocenters. The Balaban J connectivity index is 2.17. The minimum atomic E-state index is -1.39. The number of para-hydroxylation sites is 1. The number of carboxylic acids is 1. The first-order valence-electron chi connectivity index (χ1n) is 5.90. The van der Waals surface area contributed by atoms with Crippen molar-refractivity contribution in [3.8, 4) is 0 Å². The molecule has 0 radical (unpaired) electrons. The first-order valence-corrected chi connectivity index (χ1v) is 5.90. The Hall–Kier alpha value is -2.95. The van der Waals surface area contributed by atoms with E-state index in [1.165, 1.54) is 6.08 Å². The zero-order chi connectivity index (χ0) is 14.3. The van der Waals surface area contributed by atoms with Crippen molar-refractivity contribution in [2.24, 2.45) is 0 Å². The van der Waals surface area contributed by atoms with E-state index in [1.807, 2.05) is 18.2 Å². The van der Waals surface area contributed by atoms with Crippen molar-refractivity contribution in [2.45, 2.75) is 0 Å². The van der Waals surface area contributed by atoms with Crippen LogP contribution >= 0.6 is 0 Å². The fourth-order valence-corrected chi connectivity index (χ4v) is 2.26. The van der Waals surface area contributed by atoms with Crippen molar-refractivity contribution in [1.82, 2.24) is 4.98 Å². The number of H-pyrrole nitrogens is 1. The second-order valence-electron chi connectivity index (χ2n) is 4.40. The molecule has 98 valence electrons. The number of Topliss-reactive ketones (excluding diaryl/α,β-unsaturated/α-hetero) is 1. The molecule has 5 nitrogen and oxygen atoms in total. The van der Waals surface area contributed by atoms with Crippen LogP contribution in [0.25, 0.3) is 16.5 Å². The van der Waals surface area contributed by atoms with Gasteiger partial charge in [0.1, 0.15) is 5.57 Å². The average Bonchev–Trinajstić information content (AvgIpc) is 2.84. The molecule has 0 fully saturated rings. The second-order valence-corrected chi connectivity index (χ2v) is 4.40. The molecule has 1 aliphatic rings. The second kappa shape index (κ2) is 4.31. The minimum absolute atomic E-state index is 0.104. The van der Waals surface area contributed by atoms with Crippen molar-refractivity contribution in [3.63, 3.8) is 0 Å². The first kappa shape index (κ1) is 12.1. The summed E-state index contributed by atoms with van der Waals surface area (Å²) in [6.07, 6.45) is 3.62. The lowest BCUT2D eigenvalue weighted by Crippen LogP contribution is -2.19. The summed E-state index contributed by atoms with van der Waals surface area (Å²) >= 11 is 0. The van der Waals surface area contributed by atoms with E-state index in [9.17, 15) is 14.4 Å².